The lowest BCUT2D eigenvalue weighted by Gasteiger charge is -2.15. The first-order valence-electron chi connectivity index (χ1n) is 5.62. The second-order valence-electron chi connectivity index (χ2n) is 3.79. The van der Waals surface area contributed by atoms with E-state index in [0.29, 0.717) is 5.82 Å². The Balaban J connectivity index is 2.61. The predicted octanol–water partition coefficient (Wildman–Crippen LogP) is 1.21. The molecule has 0 saturated carbocycles. The minimum absolute atomic E-state index is 0.0780. The van der Waals surface area contributed by atoms with E-state index in [1.165, 1.54) is 6.33 Å². The Hall–Kier alpha value is -1.85. The van der Waals surface area contributed by atoms with Crippen LogP contribution in [0.5, 0.6) is 0 Å². The molecule has 6 heteroatoms. The highest BCUT2D eigenvalue weighted by molar-refractivity contribution is 5.73. The number of nitrogens with zero attached hydrogens (tertiary/aromatic N) is 3. The van der Waals surface area contributed by atoms with Gasteiger partial charge in [0.15, 0.2) is 0 Å². The molecular weight excluding hydrogens is 220 g/mol. The van der Waals surface area contributed by atoms with Gasteiger partial charge in [-0.1, -0.05) is 13.3 Å². The average molecular weight is 238 g/mol. The van der Waals surface area contributed by atoms with Gasteiger partial charge < -0.3 is 15.3 Å². The zero-order chi connectivity index (χ0) is 12.7. The molecule has 0 bridgehead atoms. The fourth-order valence-electron chi connectivity index (χ4n) is 1.33. The molecular formula is C11H18N4O2. The number of anilines is 2. The zero-order valence-electron chi connectivity index (χ0n) is 10.2. The molecule has 2 N–H and O–H groups in total. The molecule has 0 unspecified atom stereocenters. The SMILES string of the molecule is CCCCNc1cc(N(C)CC(=O)O)ncn1. The van der Waals surface area contributed by atoms with E-state index < -0.39 is 5.97 Å². The molecule has 1 heterocycles. The van der Waals surface area contributed by atoms with E-state index in [-0.39, 0.29) is 6.54 Å². The summed E-state index contributed by atoms with van der Waals surface area (Å²) >= 11 is 0. The Morgan fingerprint density at radius 3 is 2.94 bits per heavy atom. The van der Waals surface area contributed by atoms with Crippen LogP contribution >= 0.6 is 0 Å². The summed E-state index contributed by atoms with van der Waals surface area (Å²) in [6, 6.07) is 1.75. The number of unbranched alkanes of at least 4 members (excludes halogenated alkanes) is 1. The number of carbonyl (C=O) groups is 1. The van der Waals surface area contributed by atoms with Crippen molar-refractivity contribution in [3.63, 3.8) is 0 Å². The standard InChI is InChI=1S/C11H18N4O2/c1-3-4-5-12-9-6-10(14-8-13-9)15(2)7-11(16)17/h6,8H,3-5,7H2,1-2H3,(H,16,17)(H,12,13,14). The summed E-state index contributed by atoms with van der Waals surface area (Å²) in [5.41, 5.74) is 0. The van der Waals surface area contributed by atoms with Gasteiger partial charge in [-0.25, -0.2) is 9.97 Å². The van der Waals surface area contributed by atoms with E-state index in [1.54, 1.807) is 18.0 Å². The van der Waals surface area contributed by atoms with Crippen LogP contribution in [-0.2, 0) is 4.79 Å². The van der Waals surface area contributed by atoms with Crippen LogP contribution in [-0.4, -0.2) is 41.2 Å². The van der Waals surface area contributed by atoms with Crippen LogP contribution in [0, 0.1) is 0 Å². The van der Waals surface area contributed by atoms with Gasteiger partial charge in [0.05, 0.1) is 0 Å². The van der Waals surface area contributed by atoms with E-state index in [9.17, 15) is 4.79 Å². The molecule has 0 radical (unpaired) electrons. The van der Waals surface area contributed by atoms with Gasteiger partial charge in [0.1, 0.15) is 24.5 Å². The topological polar surface area (TPSA) is 78.4 Å². The predicted molar refractivity (Wildman–Crippen MR) is 66.3 cm³/mol. The summed E-state index contributed by atoms with van der Waals surface area (Å²) in [5.74, 6) is 0.439. The molecule has 1 rings (SSSR count). The Bertz CT molecular complexity index is 370. The van der Waals surface area contributed by atoms with Gasteiger partial charge in [-0.05, 0) is 6.42 Å². The van der Waals surface area contributed by atoms with Crippen LogP contribution in [0.4, 0.5) is 11.6 Å². The number of rotatable bonds is 7. The lowest BCUT2D eigenvalue weighted by Crippen LogP contribution is -2.26. The van der Waals surface area contributed by atoms with Gasteiger partial charge in [-0.2, -0.15) is 0 Å². The van der Waals surface area contributed by atoms with Crippen molar-refractivity contribution in [1.29, 1.82) is 0 Å². The van der Waals surface area contributed by atoms with Crippen LogP contribution in [0.15, 0.2) is 12.4 Å². The molecule has 1 aromatic rings. The molecule has 0 aromatic carbocycles. The zero-order valence-corrected chi connectivity index (χ0v) is 10.2. The molecule has 0 aliphatic rings. The molecule has 0 saturated heterocycles. The minimum Gasteiger partial charge on any atom is -0.480 e. The van der Waals surface area contributed by atoms with Crippen molar-refractivity contribution in [2.24, 2.45) is 0 Å². The maximum Gasteiger partial charge on any atom is 0.323 e. The Morgan fingerprint density at radius 2 is 2.29 bits per heavy atom. The van der Waals surface area contributed by atoms with Crippen LogP contribution in [0.25, 0.3) is 0 Å². The van der Waals surface area contributed by atoms with Crippen molar-refractivity contribution in [3.05, 3.63) is 12.4 Å². The second kappa shape index (κ2) is 6.67. The van der Waals surface area contributed by atoms with Crippen molar-refractivity contribution in [1.82, 2.24) is 9.97 Å². The highest BCUT2D eigenvalue weighted by Crippen LogP contribution is 2.12. The van der Waals surface area contributed by atoms with Crippen LogP contribution < -0.4 is 10.2 Å². The third-order valence-corrected chi connectivity index (χ3v) is 2.25. The summed E-state index contributed by atoms with van der Waals surface area (Å²) < 4.78 is 0. The van der Waals surface area contributed by atoms with Crippen molar-refractivity contribution in [2.75, 3.05) is 30.4 Å². The number of hydrogen-bond donors (Lipinski definition) is 2. The highest BCUT2D eigenvalue weighted by Gasteiger charge is 2.07. The molecule has 0 spiro atoms. The van der Waals surface area contributed by atoms with E-state index in [0.717, 1.165) is 25.2 Å². The molecule has 94 valence electrons. The number of hydrogen-bond acceptors (Lipinski definition) is 5. The lowest BCUT2D eigenvalue weighted by molar-refractivity contribution is -0.135. The van der Waals surface area contributed by atoms with Gasteiger partial charge in [-0.3, -0.25) is 4.79 Å². The number of aromatic nitrogens is 2. The summed E-state index contributed by atoms with van der Waals surface area (Å²) in [5, 5.41) is 11.9. The largest absolute Gasteiger partial charge is 0.480 e. The molecule has 1 aromatic heterocycles. The first kappa shape index (κ1) is 13.2. The lowest BCUT2D eigenvalue weighted by atomic mass is 10.3. The fourth-order valence-corrected chi connectivity index (χ4v) is 1.33. The second-order valence-corrected chi connectivity index (χ2v) is 3.79. The van der Waals surface area contributed by atoms with E-state index in [2.05, 4.69) is 22.2 Å². The first-order chi connectivity index (χ1) is 8.13. The third kappa shape index (κ3) is 4.67. The molecule has 0 fully saturated rings. The van der Waals surface area contributed by atoms with Crippen molar-refractivity contribution >= 4 is 17.6 Å². The molecule has 17 heavy (non-hydrogen) atoms. The van der Waals surface area contributed by atoms with Gasteiger partial charge in [-0.15, -0.1) is 0 Å². The van der Waals surface area contributed by atoms with Crippen molar-refractivity contribution in [2.45, 2.75) is 19.8 Å². The first-order valence-corrected chi connectivity index (χ1v) is 5.62. The number of carboxylic acids is 1. The molecule has 0 amide bonds. The van der Waals surface area contributed by atoms with E-state index >= 15 is 0 Å². The Labute approximate surface area is 101 Å². The van der Waals surface area contributed by atoms with Crippen molar-refractivity contribution < 1.29 is 9.90 Å². The minimum atomic E-state index is -0.883. The molecule has 6 nitrogen and oxygen atoms in total. The number of likely N-dealkylation sites (N-methyl/N-ethyl adjacent to an activating group) is 1. The highest BCUT2D eigenvalue weighted by atomic mass is 16.4. The number of aliphatic carboxylic acids is 1. The van der Waals surface area contributed by atoms with E-state index in [1.807, 2.05) is 0 Å². The Morgan fingerprint density at radius 1 is 1.53 bits per heavy atom. The van der Waals surface area contributed by atoms with Gasteiger partial charge in [0.2, 0.25) is 0 Å². The van der Waals surface area contributed by atoms with Crippen LogP contribution in [0.2, 0.25) is 0 Å². The molecule has 0 aliphatic heterocycles. The number of carboxylic acid groups (broad SMARTS) is 1. The monoisotopic (exact) mass is 238 g/mol. The van der Waals surface area contributed by atoms with Crippen LogP contribution in [0.3, 0.4) is 0 Å². The molecule has 0 atom stereocenters. The van der Waals surface area contributed by atoms with Gasteiger partial charge in [0.25, 0.3) is 0 Å². The normalized spacial score (nSPS) is 10.0. The quantitative estimate of drug-likeness (QED) is 0.695. The summed E-state index contributed by atoms with van der Waals surface area (Å²) in [6.45, 7) is 2.90. The summed E-state index contributed by atoms with van der Waals surface area (Å²) in [7, 11) is 1.69. The maximum absolute atomic E-state index is 10.6. The molecule has 0 aliphatic carbocycles. The summed E-state index contributed by atoms with van der Waals surface area (Å²) in [6.07, 6.45) is 3.62. The van der Waals surface area contributed by atoms with Gasteiger partial charge in [0, 0.05) is 19.7 Å². The fraction of sp³-hybridized carbons (Fsp3) is 0.545. The number of nitrogens with one attached hydrogen (secondary N) is 1. The van der Waals surface area contributed by atoms with E-state index in [4.69, 9.17) is 5.11 Å². The van der Waals surface area contributed by atoms with Gasteiger partial charge >= 0.3 is 5.97 Å². The van der Waals surface area contributed by atoms with Crippen LogP contribution in [0.1, 0.15) is 19.8 Å². The summed E-state index contributed by atoms with van der Waals surface area (Å²) in [4.78, 5) is 20.3. The smallest absolute Gasteiger partial charge is 0.323 e. The maximum atomic E-state index is 10.6. The average Bonchev–Trinajstić information content (AvgIpc) is 2.29. The third-order valence-electron chi connectivity index (χ3n) is 2.25. The van der Waals surface area contributed by atoms with Crippen molar-refractivity contribution in [3.8, 4) is 0 Å². The Kier molecular flexibility index (Phi) is 5.19.